The summed E-state index contributed by atoms with van der Waals surface area (Å²) >= 11 is 0. The van der Waals surface area contributed by atoms with E-state index >= 15 is 4.79 Å². The van der Waals surface area contributed by atoms with Gasteiger partial charge in [0.2, 0.25) is 0 Å². The standard InChI is InChI=1S/C47H51NO14.CH4/c1-25-31(60-43(56)36(52)35(28-16-10-7-11-17-28)48-41(54)29-18-12-8-13-19-29)23-47(57)40(61-42(55)30-20-14-9-15-21-30)38-45(6,32(51)22-33-46(38,24-58-33)62-27(3)50)39(53)37(59-26(2)49)34(25)44(47,4)5;/h7-21,31-33,35-38,40,51-52,57H,22-24H2,1-6H3,(H,48,54);1H4/t31-,32-,33+,35-,36+,37+,38?,40-,45+,46-,47+;/m0./s1. The SMILES string of the molecule is C.CC(=O)O[C@H]1C(=O)[C@@]2(C)C([C@H](OC(=O)c3ccccc3)[C@]3(O)C[C@H](OC(=O)[C@H](O)[C@@H](NC(=O)c4ccccc4)c4ccccc4)C(C)=C1C3(C)C)[C@]1(OC(C)=O)CO[C@@H]1C[C@@H]2O. The second-order valence-electron chi connectivity index (χ2n) is 17.4. The van der Waals surface area contributed by atoms with Gasteiger partial charge in [-0.3, -0.25) is 19.2 Å². The van der Waals surface area contributed by atoms with Gasteiger partial charge in [0.15, 0.2) is 23.6 Å². The van der Waals surface area contributed by atoms with Crippen LogP contribution in [-0.2, 0) is 42.9 Å². The fraction of sp³-hybridized carbons (Fsp3) is 0.458. The number of aliphatic hydroxyl groups excluding tert-OH is 2. The van der Waals surface area contributed by atoms with Crippen LogP contribution in [0.1, 0.15) is 94.1 Å². The number of hydrogen-bond donors (Lipinski definition) is 4. The van der Waals surface area contributed by atoms with Gasteiger partial charge in [-0.15, -0.1) is 0 Å². The van der Waals surface area contributed by atoms with E-state index in [1.807, 2.05) is 0 Å². The van der Waals surface area contributed by atoms with Gasteiger partial charge in [0, 0.05) is 37.7 Å². The number of ether oxygens (including phenoxy) is 5. The van der Waals surface area contributed by atoms with E-state index in [1.54, 1.807) is 92.7 Å². The highest BCUT2D eigenvalue weighted by Crippen LogP contribution is 2.64. The van der Waals surface area contributed by atoms with Crippen molar-refractivity contribution in [3.63, 3.8) is 0 Å². The number of benzene rings is 3. The molecule has 2 bridgehead atoms. The molecular weight excluding hydrogens is 815 g/mol. The Morgan fingerprint density at radius 3 is 1.94 bits per heavy atom. The van der Waals surface area contributed by atoms with E-state index in [-0.39, 0.29) is 42.7 Å². The molecule has 15 nitrogen and oxygen atoms in total. The fourth-order valence-electron chi connectivity index (χ4n) is 10.2. The first-order valence-electron chi connectivity index (χ1n) is 20.5. The number of fused-ring (bicyclic) bond motifs is 5. The highest BCUT2D eigenvalue weighted by atomic mass is 16.6. The van der Waals surface area contributed by atoms with Crippen molar-refractivity contribution in [3.8, 4) is 0 Å². The van der Waals surface area contributed by atoms with E-state index in [0.29, 0.717) is 5.56 Å². The summed E-state index contributed by atoms with van der Waals surface area (Å²) in [4.78, 5) is 83.5. The molecule has 3 aromatic carbocycles. The third-order valence-corrected chi connectivity index (χ3v) is 13.5. The number of aliphatic hydroxyl groups is 3. The lowest BCUT2D eigenvalue weighted by Gasteiger charge is -2.67. The number of esters is 4. The van der Waals surface area contributed by atoms with E-state index in [9.17, 15) is 39.3 Å². The van der Waals surface area contributed by atoms with Gasteiger partial charge in [0.05, 0.1) is 35.6 Å². The van der Waals surface area contributed by atoms with Crippen molar-refractivity contribution in [1.82, 2.24) is 5.32 Å². The first kappa shape index (κ1) is 46.8. The molecule has 7 rings (SSSR count). The smallest absolute Gasteiger partial charge is 0.338 e. The zero-order valence-corrected chi connectivity index (χ0v) is 35.2. The molecule has 15 heteroatoms. The van der Waals surface area contributed by atoms with Gasteiger partial charge >= 0.3 is 23.9 Å². The summed E-state index contributed by atoms with van der Waals surface area (Å²) in [5, 5.41) is 40.2. The molecule has 3 fully saturated rings. The summed E-state index contributed by atoms with van der Waals surface area (Å²) in [6, 6.07) is 22.9. The van der Waals surface area contributed by atoms with Crippen LogP contribution in [0.25, 0.3) is 0 Å². The Hall–Kier alpha value is -5.74. The van der Waals surface area contributed by atoms with Gasteiger partial charge in [-0.25, -0.2) is 9.59 Å². The van der Waals surface area contributed by atoms with E-state index in [1.165, 1.54) is 26.0 Å². The van der Waals surface area contributed by atoms with Crippen molar-refractivity contribution < 1.29 is 67.8 Å². The Kier molecular flexibility index (Phi) is 12.9. The maximum absolute atomic E-state index is 15.5. The molecule has 1 heterocycles. The van der Waals surface area contributed by atoms with Crippen molar-refractivity contribution in [2.75, 3.05) is 6.61 Å². The number of hydrogen-bond acceptors (Lipinski definition) is 14. The lowest BCUT2D eigenvalue weighted by molar-refractivity contribution is -0.346. The summed E-state index contributed by atoms with van der Waals surface area (Å²) in [5.41, 5.74) is -7.02. The predicted molar refractivity (Wildman–Crippen MR) is 224 cm³/mol. The lowest BCUT2D eigenvalue weighted by Crippen LogP contribution is -2.82. The highest BCUT2D eigenvalue weighted by Gasteiger charge is 2.78. The van der Waals surface area contributed by atoms with Gasteiger partial charge in [-0.1, -0.05) is 88.0 Å². The zero-order valence-electron chi connectivity index (χ0n) is 35.2. The Morgan fingerprint density at radius 2 is 1.40 bits per heavy atom. The summed E-state index contributed by atoms with van der Waals surface area (Å²) in [6.07, 6.45) is -10.5. The second-order valence-corrected chi connectivity index (χ2v) is 17.4. The topological polar surface area (TPSA) is 221 Å². The van der Waals surface area contributed by atoms with Gasteiger partial charge in [-0.05, 0) is 54.8 Å². The number of carbonyl (C=O) groups is 6. The van der Waals surface area contributed by atoms with Crippen molar-refractivity contribution in [3.05, 3.63) is 119 Å². The Labute approximate surface area is 365 Å². The van der Waals surface area contributed by atoms with E-state index in [4.69, 9.17) is 23.7 Å². The maximum atomic E-state index is 15.5. The molecule has 4 aliphatic rings. The third kappa shape index (κ3) is 7.85. The van der Waals surface area contributed by atoms with E-state index < -0.39 is 113 Å². The Balaban J connectivity index is 0.00000661. The molecule has 11 atom stereocenters. The third-order valence-electron chi connectivity index (χ3n) is 13.5. The van der Waals surface area contributed by atoms with Crippen LogP contribution >= 0.6 is 0 Å². The van der Waals surface area contributed by atoms with Crippen LogP contribution < -0.4 is 5.32 Å². The molecular formula is C48H55NO14. The summed E-state index contributed by atoms with van der Waals surface area (Å²) in [6.45, 7) is 7.97. The van der Waals surface area contributed by atoms with Gasteiger partial charge < -0.3 is 44.3 Å². The van der Waals surface area contributed by atoms with Crippen LogP contribution in [0, 0.1) is 16.7 Å². The maximum Gasteiger partial charge on any atom is 0.338 e. The highest BCUT2D eigenvalue weighted by molar-refractivity contribution is 5.96. The molecule has 0 radical (unpaired) electrons. The number of amides is 1. The molecule has 336 valence electrons. The molecule has 2 saturated carbocycles. The van der Waals surface area contributed by atoms with Crippen LogP contribution in [0.2, 0.25) is 0 Å². The average Bonchev–Trinajstić information content (AvgIpc) is 3.24. The minimum Gasteiger partial charge on any atom is -0.456 e. The largest absolute Gasteiger partial charge is 0.456 e. The monoisotopic (exact) mass is 869 g/mol. The Bertz CT molecular complexity index is 2280. The van der Waals surface area contributed by atoms with E-state index in [2.05, 4.69) is 5.32 Å². The van der Waals surface area contributed by atoms with Crippen LogP contribution in [0.3, 0.4) is 0 Å². The van der Waals surface area contributed by atoms with E-state index in [0.717, 1.165) is 13.8 Å². The molecule has 1 amide bonds. The van der Waals surface area contributed by atoms with Gasteiger partial charge in [0.1, 0.15) is 23.9 Å². The van der Waals surface area contributed by atoms with Crippen molar-refractivity contribution >= 4 is 35.6 Å². The zero-order chi connectivity index (χ0) is 44.9. The van der Waals surface area contributed by atoms with Crippen molar-refractivity contribution in [2.24, 2.45) is 16.7 Å². The number of carbonyl (C=O) groups excluding carboxylic acids is 6. The van der Waals surface area contributed by atoms with Gasteiger partial charge in [0.25, 0.3) is 5.91 Å². The van der Waals surface area contributed by atoms with Crippen LogP contribution in [0.4, 0.5) is 0 Å². The molecule has 63 heavy (non-hydrogen) atoms. The molecule has 3 aromatic rings. The number of ketones is 1. The lowest BCUT2D eigenvalue weighted by atomic mass is 9.44. The first-order chi connectivity index (χ1) is 29.3. The summed E-state index contributed by atoms with van der Waals surface area (Å²) < 4.78 is 30.3. The molecule has 4 N–H and O–H groups in total. The first-order valence-corrected chi connectivity index (χ1v) is 20.5. The summed E-state index contributed by atoms with van der Waals surface area (Å²) in [5.74, 6) is -6.84. The van der Waals surface area contributed by atoms with Crippen LogP contribution in [-0.4, -0.2) is 105 Å². The fourth-order valence-corrected chi connectivity index (χ4v) is 10.2. The van der Waals surface area contributed by atoms with Crippen molar-refractivity contribution in [2.45, 2.75) is 116 Å². The predicted octanol–water partition coefficient (Wildman–Crippen LogP) is 4.37. The van der Waals surface area contributed by atoms with Crippen molar-refractivity contribution in [1.29, 1.82) is 0 Å². The Morgan fingerprint density at radius 1 is 0.825 bits per heavy atom. The van der Waals surface area contributed by atoms with Gasteiger partial charge in [-0.2, -0.15) is 0 Å². The average molecular weight is 870 g/mol. The van der Waals surface area contributed by atoms with Crippen LogP contribution in [0.5, 0.6) is 0 Å². The molecule has 0 aromatic heterocycles. The molecule has 1 saturated heterocycles. The molecule has 1 aliphatic heterocycles. The minimum absolute atomic E-state index is 0. The molecule has 0 spiro atoms. The quantitative estimate of drug-likeness (QED) is 0.126. The molecule has 3 aliphatic carbocycles. The number of rotatable bonds is 10. The number of nitrogens with one attached hydrogen (secondary N) is 1. The van der Waals surface area contributed by atoms with Crippen LogP contribution in [0.15, 0.2) is 102 Å². The molecule has 1 unspecified atom stereocenters. The second kappa shape index (κ2) is 17.4. The normalized spacial score (nSPS) is 31.3. The summed E-state index contributed by atoms with van der Waals surface area (Å²) in [7, 11) is 0. The number of Topliss-reactive ketones (excluding diaryl/α,β-unsaturated/α-hetero) is 1. The minimum atomic E-state index is -2.39.